The van der Waals surface area contributed by atoms with Gasteiger partial charge in [-0.15, -0.1) is 0 Å². The van der Waals surface area contributed by atoms with Crippen LogP contribution in [0.1, 0.15) is 51.9 Å². The van der Waals surface area contributed by atoms with Gasteiger partial charge in [0.05, 0.1) is 0 Å². The van der Waals surface area contributed by atoms with E-state index in [-0.39, 0.29) is 11.3 Å². The van der Waals surface area contributed by atoms with E-state index in [1.54, 1.807) is 0 Å². The molecule has 0 spiro atoms. The Morgan fingerprint density at radius 2 is 2.00 bits per heavy atom. The molecule has 0 unspecified atom stereocenters. The molecule has 1 aliphatic heterocycles. The van der Waals surface area contributed by atoms with Gasteiger partial charge in [0.25, 0.3) is 0 Å². The predicted octanol–water partition coefficient (Wildman–Crippen LogP) is 1.71. The Hall–Kier alpha value is -1.10. The van der Waals surface area contributed by atoms with Crippen LogP contribution in [0.4, 0.5) is 0 Å². The summed E-state index contributed by atoms with van der Waals surface area (Å²) in [5, 5.41) is 11.8. The molecular weight excluding hydrogens is 246 g/mol. The number of carboxylic acid groups (broad SMARTS) is 1. The summed E-state index contributed by atoms with van der Waals surface area (Å²) in [6.07, 6.45) is 5.43. The molecular formula is C14H23NO4. The van der Waals surface area contributed by atoms with Crippen LogP contribution in [0.5, 0.6) is 0 Å². The molecule has 2 N–H and O–H groups in total. The van der Waals surface area contributed by atoms with Crippen molar-refractivity contribution in [3.8, 4) is 0 Å². The van der Waals surface area contributed by atoms with Crippen molar-refractivity contribution in [2.45, 2.75) is 64.1 Å². The zero-order valence-electron chi connectivity index (χ0n) is 11.5. The molecule has 19 heavy (non-hydrogen) atoms. The van der Waals surface area contributed by atoms with Crippen molar-refractivity contribution in [1.82, 2.24) is 5.32 Å². The van der Waals surface area contributed by atoms with Gasteiger partial charge in [-0.25, -0.2) is 4.79 Å². The van der Waals surface area contributed by atoms with Gasteiger partial charge < -0.3 is 15.2 Å². The maximum atomic E-state index is 12.0. The van der Waals surface area contributed by atoms with E-state index in [2.05, 4.69) is 12.2 Å². The van der Waals surface area contributed by atoms with Gasteiger partial charge >= 0.3 is 5.97 Å². The molecule has 5 heteroatoms. The molecule has 0 aromatic heterocycles. The van der Waals surface area contributed by atoms with Crippen molar-refractivity contribution >= 4 is 11.9 Å². The quantitative estimate of drug-likeness (QED) is 0.769. The molecule has 1 heterocycles. The highest BCUT2D eigenvalue weighted by Gasteiger charge is 2.38. The summed E-state index contributed by atoms with van der Waals surface area (Å²) in [6, 6.07) is 0. The maximum absolute atomic E-state index is 12.0. The lowest BCUT2D eigenvalue weighted by Gasteiger charge is -2.42. The van der Waals surface area contributed by atoms with E-state index in [1.165, 1.54) is 19.3 Å². The topological polar surface area (TPSA) is 75.6 Å². The minimum absolute atomic E-state index is 0.147. The summed E-state index contributed by atoms with van der Waals surface area (Å²) in [7, 11) is 0. The van der Waals surface area contributed by atoms with Crippen LogP contribution >= 0.6 is 0 Å². The Kier molecular flexibility index (Phi) is 4.45. The van der Waals surface area contributed by atoms with Crippen LogP contribution in [0.2, 0.25) is 0 Å². The number of ether oxygens (including phenoxy) is 1. The molecule has 2 aliphatic rings. The Bertz CT molecular complexity index is 351. The smallest absolute Gasteiger partial charge is 0.332 e. The summed E-state index contributed by atoms with van der Waals surface area (Å²) in [5.74, 6) is -1.12. The number of amides is 1. The van der Waals surface area contributed by atoms with E-state index in [9.17, 15) is 9.59 Å². The van der Waals surface area contributed by atoms with Crippen LogP contribution in [0.15, 0.2) is 0 Å². The normalized spacial score (nSPS) is 28.7. The second-order valence-electron chi connectivity index (χ2n) is 5.85. The third kappa shape index (κ3) is 3.26. The van der Waals surface area contributed by atoms with E-state index in [1.807, 2.05) is 0 Å². The van der Waals surface area contributed by atoms with Crippen molar-refractivity contribution in [1.29, 1.82) is 0 Å². The average Bonchev–Trinajstić information content (AvgIpc) is 2.81. The fraction of sp³-hybridized carbons (Fsp3) is 0.857. The van der Waals surface area contributed by atoms with Gasteiger partial charge in [0.15, 0.2) is 6.10 Å². The number of hydrogen-bond donors (Lipinski definition) is 2. The lowest BCUT2D eigenvalue weighted by Crippen LogP contribution is -2.45. The van der Waals surface area contributed by atoms with E-state index < -0.39 is 18.2 Å². The summed E-state index contributed by atoms with van der Waals surface area (Å²) < 4.78 is 5.25. The molecule has 0 bridgehead atoms. The van der Waals surface area contributed by atoms with Gasteiger partial charge in [-0.05, 0) is 37.5 Å². The molecule has 0 aromatic carbocycles. The lowest BCUT2D eigenvalue weighted by atomic mass is 9.66. The number of aliphatic carboxylic acids is 1. The van der Waals surface area contributed by atoms with Crippen molar-refractivity contribution in [2.24, 2.45) is 5.41 Å². The number of carbonyl (C=O) groups excluding carboxylic acids is 1. The first-order valence-corrected chi connectivity index (χ1v) is 7.22. The van der Waals surface area contributed by atoms with Crippen LogP contribution in [-0.2, 0) is 14.3 Å². The molecule has 0 aromatic rings. The molecule has 2 atom stereocenters. The minimum atomic E-state index is -0.975. The SMILES string of the molecule is CCCC1(CNC(=O)[C@@H]2CC[C@H](C(=O)O)O2)CCC1. The first-order chi connectivity index (χ1) is 9.06. The van der Waals surface area contributed by atoms with Crippen LogP contribution in [-0.4, -0.2) is 35.7 Å². The molecule has 1 aliphatic carbocycles. The Labute approximate surface area is 113 Å². The Morgan fingerprint density at radius 3 is 2.47 bits per heavy atom. The third-order valence-electron chi connectivity index (χ3n) is 4.42. The van der Waals surface area contributed by atoms with Gasteiger partial charge in [0.1, 0.15) is 6.10 Å². The zero-order valence-corrected chi connectivity index (χ0v) is 11.5. The van der Waals surface area contributed by atoms with Crippen molar-refractivity contribution in [3.63, 3.8) is 0 Å². The van der Waals surface area contributed by atoms with Crippen molar-refractivity contribution < 1.29 is 19.4 Å². The monoisotopic (exact) mass is 269 g/mol. The van der Waals surface area contributed by atoms with Crippen LogP contribution in [0.25, 0.3) is 0 Å². The van der Waals surface area contributed by atoms with E-state index >= 15 is 0 Å². The molecule has 2 rings (SSSR count). The first kappa shape index (κ1) is 14.3. The number of carboxylic acids is 1. The highest BCUT2D eigenvalue weighted by molar-refractivity contribution is 5.82. The summed E-state index contributed by atoms with van der Waals surface area (Å²) in [4.78, 5) is 22.7. The van der Waals surface area contributed by atoms with E-state index in [0.717, 1.165) is 12.8 Å². The standard InChI is InChI=1S/C14H23NO4/c1-2-6-14(7-3-8-14)9-15-12(16)10-4-5-11(19-10)13(17)18/h10-11H,2-9H2,1H3,(H,15,16)(H,17,18)/t10-,11+/m0/s1. The molecule has 108 valence electrons. The number of rotatable bonds is 6. The van der Waals surface area contributed by atoms with E-state index in [4.69, 9.17) is 9.84 Å². The molecule has 5 nitrogen and oxygen atoms in total. The molecule has 1 saturated heterocycles. The number of hydrogen-bond acceptors (Lipinski definition) is 3. The third-order valence-corrected chi connectivity index (χ3v) is 4.42. The molecule has 2 fully saturated rings. The first-order valence-electron chi connectivity index (χ1n) is 7.22. The fourth-order valence-corrected chi connectivity index (χ4v) is 3.12. The van der Waals surface area contributed by atoms with Crippen molar-refractivity contribution in [2.75, 3.05) is 6.54 Å². The fourth-order valence-electron chi connectivity index (χ4n) is 3.12. The largest absolute Gasteiger partial charge is 0.479 e. The molecule has 0 radical (unpaired) electrons. The second-order valence-corrected chi connectivity index (χ2v) is 5.85. The number of carbonyl (C=O) groups is 2. The van der Waals surface area contributed by atoms with Gasteiger partial charge in [-0.3, -0.25) is 4.79 Å². The van der Waals surface area contributed by atoms with E-state index in [0.29, 0.717) is 19.4 Å². The van der Waals surface area contributed by atoms with Gasteiger partial charge in [-0.1, -0.05) is 19.8 Å². The van der Waals surface area contributed by atoms with Gasteiger partial charge in [0.2, 0.25) is 5.91 Å². The summed E-state index contributed by atoms with van der Waals surface area (Å²) in [6.45, 7) is 2.87. The van der Waals surface area contributed by atoms with Crippen LogP contribution in [0, 0.1) is 5.41 Å². The highest BCUT2D eigenvalue weighted by Crippen LogP contribution is 2.44. The Balaban J connectivity index is 1.77. The summed E-state index contributed by atoms with van der Waals surface area (Å²) >= 11 is 0. The lowest BCUT2D eigenvalue weighted by molar-refractivity contribution is -0.152. The second kappa shape index (κ2) is 5.90. The highest BCUT2D eigenvalue weighted by atomic mass is 16.5. The molecule has 1 saturated carbocycles. The maximum Gasteiger partial charge on any atom is 0.332 e. The zero-order chi connectivity index (χ0) is 13.9. The minimum Gasteiger partial charge on any atom is -0.479 e. The summed E-state index contributed by atoms with van der Waals surface area (Å²) in [5.41, 5.74) is 0.287. The van der Waals surface area contributed by atoms with Crippen LogP contribution < -0.4 is 5.32 Å². The predicted molar refractivity (Wildman–Crippen MR) is 69.7 cm³/mol. The van der Waals surface area contributed by atoms with Crippen molar-refractivity contribution in [3.05, 3.63) is 0 Å². The molecule has 1 amide bonds. The average molecular weight is 269 g/mol. The Morgan fingerprint density at radius 1 is 1.32 bits per heavy atom. The van der Waals surface area contributed by atoms with Crippen LogP contribution in [0.3, 0.4) is 0 Å². The number of nitrogens with one attached hydrogen (secondary N) is 1. The van der Waals surface area contributed by atoms with Gasteiger partial charge in [-0.2, -0.15) is 0 Å². The van der Waals surface area contributed by atoms with Gasteiger partial charge in [0, 0.05) is 6.54 Å².